The van der Waals surface area contributed by atoms with E-state index in [1.165, 1.54) is 7.11 Å². The van der Waals surface area contributed by atoms with Gasteiger partial charge in [-0.3, -0.25) is 14.9 Å². The van der Waals surface area contributed by atoms with Crippen molar-refractivity contribution in [1.82, 2.24) is 0 Å². The molecule has 0 bridgehead atoms. The van der Waals surface area contributed by atoms with Crippen molar-refractivity contribution in [2.45, 2.75) is 13.3 Å². The highest BCUT2D eigenvalue weighted by atomic mass is 79.9. The first-order valence-corrected chi connectivity index (χ1v) is 5.25. The Labute approximate surface area is 101 Å². The zero-order valence-corrected chi connectivity index (χ0v) is 10.4. The molecule has 0 saturated heterocycles. The molecule has 0 fully saturated rings. The fraction of sp³-hybridized carbons (Fsp3) is 0.300. The first-order valence-electron chi connectivity index (χ1n) is 4.46. The summed E-state index contributed by atoms with van der Waals surface area (Å²) in [6, 6.07) is 3.17. The highest BCUT2D eigenvalue weighted by molar-refractivity contribution is 9.10. The van der Waals surface area contributed by atoms with E-state index >= 15 is 0 Å². The van der Waals surface area contributed by atoms with E-state index in [9.17, 15) is 14.9 Å². The summed E-state index contributed by atoms with van der Waals surface area (Å²) in [7, 11) is 1.30. The standard InChI is InChI=1S/C10H10BrNO4/c1-6-3-7(5-9(13)16-2)4-8(11)10(6)12(14)15/h3-4H,5H2,1-2H3. The van der Waals surface area contributed by atoms with Crippen LogP contribution in [0.15, 0.2) is 16.6 Å². The maximum Gasteiger partial charge on any atom is 0.309 e. The Balaban J connectivity index is 3.10. The maximum atomic E-state index is 11.1. The number of rotatable bonds is 3. The number of nitro groups is 1. The van der Waals surface area contributed by atoms with Crippen LogP contribution in [0.1, 0.15) is 11.1 Å². The molecule has 6 heteroatoms. The minimum Gasteiger partial charge on any atom is -0.469 e. The molecule has 0 aromatic heterocycles. The Hall–Kier alpha value is -1.43. The number of carbonyl (C=O) groups is 1. The molecule has 0 amide bonds. The third kappa shape index (κ3) is 2.79. The van der Waals surface area contributed by atoms with Crippen molar-refractivity contribution in [2.75, 3.05) is 7.11 Å². The van der Waals surface area contributed by atoms with E-state index < -0.39 is 4.92 Å². The first-order chi connectivity index (χ1) is 7.45. The quantitative estimate of drug-likeness (QED) is 0.486. The predicted octanol–water partition coefficient (Wildman–Crippen LogP) is 2.38. The Bertz CT molecular complexity index is 421. The fourth-order valence-corrected chi connectivity index (χ4v) is 2.13. The van der Waals surface area contributed by atoms with Crippen LogP contribution in [0.4, 0.5) is 5.69 Å². The third-order valence-electron chi connectivity index (χ3n) is 2.07. The Kier molecular flexibility index (Phi) is 4.00. The van der Waals surface area contributed by atoms with Gasteiger partial charge in [0.15, 0.2) is 0 Å². The summed E-state index contributed by atoms with van der Waals surface area (Å²) in [6.07, 6.45) is 0.105. The van der Waals surface area contributed by atoms with Crippen molar-refractivity contribution >= 4 is 27.6 Å². The molecule has 0 aliphatic rings. The lowest BCUT2D eigenvalue weighted by atomic mass is 10.1. The number of methoxy groups -OCH3 is 1. The fourth-order valence-electron chi connectivity index (χ4n) is 1.38. The lowest BCUT2D eigenvalue weighted by molar-refractivity contribution is -0.386. The second-order valence-corrected chi connectivity index (χ2v) is 4.11. The van der Waals surface area contributed by atoms with Crippen LogP contribution in [0.25, 0.3) is 0 Å². The van der Waals surface area contributed by atoms with Gasteiger partial charge in [-0.1, -0.05) is 0 Å². The molecule has 0 N–H and O–H groups in total. The van der Waals surface area contributed by atoms with Crippen LogP contribution >= 0.6 is 15.9 Å². The topological polar surface area (TPSA) is 69.4 Å². The van der Waals surface area contributed by atoms with Crippen LogP contribution in [0, 0.1) is 17.0 Å². The molecule has 1 rings (SSSR count). The average molecular weight is 288 g/mol. The maximum absolute atomic E-state index is 11.1. The second kappa shape index (κ2) is 5.07. The Morgan fingerprint density at radius 2 is 2.19 bits per heavy atom. The molecular formula is C10H10BrNO4. The monoisotopic (exact) mass is 287 g/mol. The molecule has 16 heavy (non-hydrogen) atoms. The summed E-state index contributed by atoms with van der Waals surface area (Å²) in [5.74, 6) is -0.375. The van der Waals surface area contributed by atoms with Crippen LogP contribution in [0.2, 0.25) is 0 Å². The molecule has 0 spiro atoms. The van der Waals surface area contributed by atoms with Crippen molar-refractivity contribution in [1.29, 1.82) is 0 Å². The average Bonchev–Trinajstić information content (AvgIpc) is 2.15. The van der Waals surface area contributed by atoms with Gasteiger partial charge in [0.2, 0.25) is 0 Å². The molecule has 5 nitrogen and oxygen atoms in total. The van der Waals surface area contributed by atoms with Gasteiger partial charge >= 0.3 is 5.97 Å². The van der Waals surface area contributed by atoms with Crippen molar-refractivity contribution in [2.24, 2.45) is 0 Å². The summed E-state index contributed by atoms with van der Waals surface area (Å²) in [6.45, 7) is 1.63. The SMILES string of the molecule is COC(=O)Cc1cc(C)c([N+](=O)[O-])c(Br)c1. The summed E-state index contributed by atoms with van der Waals surface area (Å²) in [5, 5.41) is 10.7. The molecule has 0 unspecified atom stereocenters. The van der Waals surface area contributed by atoms with Crippen molar-refractivity contribution < 1.29 is 14.5 Å². The van der Waals surface area contributed by atoms with Gasteiger partial charge < -0.3 is 4.74 Å². The van der Waals surface area contributed by atoms with E-state index in [1.54, 1.807) is 19.1 Å². The lowest BCUT2D eigenvalue weighted by Gasteiger charge is -2.04. The Morgan fingerprint density at radius 3 is 2.62 bits per heavy atom. The van der Waals surface area contributed by atoms with E-state index in [1.807, 2.05) is 0 Å². The number of hydrogen-bond acceptors (Lipinski definition) is 4. The number of benzene rings is 1. The normalized spacial score (nSPS) is 9.94. The van der Waals surface area contributed by atoms with Crippen LogP contribution in [-0.4, -0.2) is 18.0 Å². The zero-order valence-electron chi connectivity index (χ0n) is 8.82. The van der Waals surface area contributed by atoms with E-state index in [-0.39, 0.29) is 18.1 Å². The molecule has 1 aromatic carbocycles. The van der Waals surface area contributed by atoms with E-state index in [0.717, 1.165) is 0 Å². The van der Waals surface area contributed by atoms with Crippen molar-refractivity contribution in [3.8, 4) is 0 Å². The van der Waals surface area contributed by atoms with Gasteiger partial charge in [-0.25, -0.2) is 0 Å². The molecule has 0 aliphatic carbocycles. The molecule has 1 aromatic rings. The highest BCUT2D eigenvalue weighted by Crippen LogP contribution is 2.30. The van der Waals surface area contributed by atoms with Gasteiger partial charge in [0, 0.05) is 5.56 Å². The number of nitrogens with zero attached hydrogens (tertiary/aromatic N) is 1. The molecule has 0 heterocycles. The summed E-state index contributed by atoms with van der Waals surface area (Å²) in [4.78, 5) is 21.3. The van der Waals surface area contributed by atoms with Gasteiger partial charge in [-0.15, -0.1) is 0 Å². The summed E-state index contributed by atoms with van der Waals surface area (Å²) in [5.41, 5.74) is 1.22. The molecular weight excluding hydrogens is 278 g/mol. The minimum atomic E-state index is -0.457. The smallest absolute Gasteiger partial charge is 0.309 e. The minimum absolute atomic E-state index is 0.0219. The molecule has 86 valence electrons. The third-order valence-corrected chi connectivity index (χ3v) is 2.68. The van der Waals surface area contributed by atoms with E-state index in [0.29, 0.717) is 15.6 Å². The van der Waals surface area contributed by atoms with E-state index in [2.05, 4.69) is 20.7 Å². The van der Waals surface area contributed by atoms with Gasteiger partial charge in [-0.05, 0) is 40.5 Å². The van der Waals surface area contributed by atoms with Crippen LogP contribution in [0.3, 0.4) is 0 Å². The number of ether oxygens (including phenoxy) is 1. The van der Waals surface area contributed by atoms with Gasteiger partial charge in [0.25, 0.3) is 5.69 Å². The zero-order chi connectivity index (χ0) is 12.3. The predicted molar refractivity (Wildman–Crippen MR) is 61.3 cm³/mol. The first kappa shape index (κ1) is 12.6. The number of nitro benzene ring substituents is 1. The lowest BCUT2D eigenvalue weighted by Crippen LogP contribution is -2.05. The number of hydrogen-bond donors (Lipinski definition) is 0. The number of esters is 1. The highest BCUT2D eigenvalue weighted by Gasteiger charge is 2.17. The van der Waals surface area contributed by atoms with Crippen LogP contribution in [0.5, 0.6) is 0 Å². The van der Waals surface area contributed by atoms with Crippen molar-refractivity contribution in [3.05, 3.63) is 37.8 Å². The van der Waals surface area contributed by atoms with Gasteiger partial charge in [0.05, 0.1) is 22.9 Å². The van der Waals surface area contributed by atoms with Crippen molar-refractivity contribution in [3.63, 3.8) is 0 Å². The molecule has 0 atom stereocenters. The van der Waals surface area contributed by atoms with E-state index in [4.69, 9.17) is 0 Å². The number of carbonyl (C=O) groups excluding carboxylic acids is 1. The van der Waals surface area contributed by atoms with Crippen LogP contribution in [-0.2, 0) is 16.0 Å². The number of aryl methyl sites for hydroxylation is 1. The largest absolute Gasteiger partial charge is 0.469 e. The number of halogens is 1. The summed E-state index contributed by atoms with van der Waals surface area (Å²) < 4.78 is 4.90. The molecule has 0 aliphatic heterocycles. The van der Waals surface area contributed by atoms with Gasteiger partial charge in [-0.2, -0.15) is 0 Å². The molecule has 0 radical (unpaired) electrons. The molecule has 0 saturated carbocycles. The Morgan fingerprint density at radius 1 is 1.56 bits per heavy atom. The second-order valence-electron chi connectivity index (χ2n) is 3.25. The van der Waals surface area contributed by atoms with Gasteiger partial charge in [0.1, 0.15) is 0 Å². The van der Waals surface area contributed by atoms with Crippen LogP contribution < -0.4 is 0 Å². The summed E-state index contributed by atoms with van der Waals surface area (Å²) >= 11 is 3.12.